The number of hydrogen-bond acceptors (Lipinski definition) is 10. The van der Waals surface area contributed by atoms with Gasteiger partial charge in [0.15, 0.2) is 41.0 Å². The van der Waals surface area contributed by atoms with Gasteiger partial charge in [0.05, 0.1) is 20.3 Å². The Morgan fingerprint density at radius 3 is 2.45 bits per heavy atom. The second-order valence-corrected chi connectivity index (χ2v) is 10.2. The van der Waals surface area contributed by atoms with E-state index in [2.05, 4.69) is 6.92 Å². The van der Waals surface area contributed by atoms with Crippen LogP contribution >= 0.6 is 0 Å². The standard InChI is InChI=1S/C32H34O10/c1-3-4-5-6-7-12-39-32-29(37)28-22(36)15-20(34)16-26(28)42-31(32)19-9-11-23-25(14-19)41-30(27(17-33)40-23)18-8-10-21(35)24(13-18)38-2/h8-11,13-16,27,30,33-36H,3-7,12,17H2,1-2H3. The first-order valence-electron chi connectivity index (χ1n) is 14.0. The van der Waals surface area contributed by atoms with Gasteiger partial charge in [-0.1, -0.05) is 38.7 Å². The molecule has 4 N–H and O–H groups in total. The normalized spacial score (nSPS) is 16.0. The molecule has 0 radical (unpaired) electrons. The van der Waals surface area contributed by atoms with E-state index in [1.54, 1.807) is 30.3 Å². The second kappa shape index (κ2) is 12.5. The molecule has 3 aromatic carbocycles. The molecule has 0 fully saturated rings. The first-order chi connectivity index (χ1) is 20.3. The smallest absolute Gasteiger partial charge is 0.239 e. The number of benzene rings is 3. The highest BCUT2D eigenvalue weighted by molar-refractivity contribution is 5.88. The Hall–Kier alpha value is -4.57. The Morgan fingerprint density at radius 1 is 0.881 bits per heavy atom. The molecule has 5 rings (SSSR count). The van der Waals surface area contributed by atoms with E-state index >= 15 is 0 Å². The predicted octanol–water partition coefficient (Wildman–Crippen LogP) is 5.81. The van der Waals surface area contributed by atoms with Crippen LogP contribution in [0, 0.1) is 0 Å². The third-order valence-electron chi connectivity index (χ3n) is 7.20. The van der Waals surface area contributed by atoms with Crippen molar-refractivity contribution in [3.8, 4) is 51.6 Å². The van der Waals surface area contributed by atoms with E-state index in [1.165, 1.54) is 19.2 Å². The zero-order chi connectivity index (χ0) is 29.8. The molecule has 2 unspecified atom stereocenters. The van der Waals surface area contributed by atoms with Crippen molar-refractivity contribution in [1.29, 1.82) is 0 Å². The largest absolute Gasteiger partial charge is 0.508 e. The zero-order valence-corrected chi connectivity index (χ0v) is 23.5. The van der Waals surface area contributed by atoms with Crippen molar-refractivity contribution in [1.82, 2.24) is 0 Å². The van der Waals surface area contributed by atoms with Gasteiger partial charge in [-0.3, -0.25) is 4.79 Å². The molecule has 0 saturated carbocycles. The third-order valence-corrected chi connectivity index (χ3v) is 7.20. The first kappa shape index (κ1) is 28.9. The van der Waals surface area contributed by atoms with Crippen LogP contribution in [0.4, 0.5) is 0 Å². The molecule has 4 aromatic rings. The van der Waals surface area contributed by atoms with Crippen LogP contribution in [0.3, 0.4) is 0 Å². The lowest BCUT2D eigenvalue weighted by molar-refractivity contribution is -0.0123. The van der Waals surface area contributed by atoms with Crippen LogP contribution < -0.4 is 24.4 Å². The van der Waals surface area contributed by atoms with Crippen LogP contribution in [0.15, 0.2) is 57.7 Å². The maximum atomic E-state index is 13.6. The van der Waals surface area contributed by atoms with E-state index in [0.717, 1.165) is 38.2 Å². The van der Waals surface area contributed by atoms with Gasteiger partial charge in [-0.25, -0.2) is 0 Å². The van der Waals surface area contributed by atoms with Crippen LogP contribution in [0.2, 0.25) is 0 Å². The van der Waals surface area contributed by atoms with E-state index in [4.69, 9.17) is 23.4 Å². The highest BCUT2D eigenvalue weighted by Crippen LogP contribution is 2.44. The maximum absolute atomic E-state index is 13.6. The molecule has 2 atom stereocenters. The molecule has 42 heavy (non-hydrogen) atoms. The minimum absolute atomic E-state index is 0.00732. The molecular weight excluding hydrogens is 544 g/mol. The highest BCUT2D eigenvalue weighted by atomic mass is 16.6. The Morgan fingerprint density at radius 2 is 1.69 bits per heavy atom. The summed E-state index contributed by atoms with van der Waals surface area (Å²) in [6.45, 7) is 2.07. The lowest BCUT2D eigenvalue weighted by Crippen LogP contribution is -2.36. The van der Waals surface area contributed by atoms with Gasteiger partial charge in [-0.2, -0.15) is 0 Å². The Balaban J connectivity index is 1.54. The van der Waals surface area contributed by atoms with Crippen molar-refractivity contribution < 1.29 is 43.8 Å². The molecule has 0 amide bonds. The average Bonchev–Trinajstić information content (AvgIpc) is 2.98. The summed E-state index contributed by atoms with van der Waals surface area (Å²) in [5.74, 6) is 0.257. The summed E-state index contributed by atoms with van der Waals surface area (Å²) in [5.41, 5.74) is 0.466. The van der Waals surface area contributed by atoms with E-state index in [9.17, 15) is 25.2 Å². The van der Waals surface area contributed by atoms with Crippen LogP contribution in [0.1, 0.15) is 50.7 Å². The summed E-state index contributed by atoms with van der Waals surface area (Å²) < 4.78 is 29.6. The summed E-state index contributed by atoms with van der Waals surface area (Å²) in [7, 11) is 1.43. The van der Waals surface area contributed by atoms with Crippen LogP contribution in [0.25, 0.3) is 22.3 Å². The van der Waals surface area contributed by atoms with Crippen molar-refractivity contribution in [3.05, 3.63) is 64.3 Å². The van der Waals surface area contributed by atoms with Gasteiger partial charge in [-0.05, 0) is 36.8 Å². The summed E-state index contributed by atoms with van der Waals surface area (Å²) >= 11 is 0. The SMILES string of the molecule is CCCCCCCOc1c(-c2ccc3c(c2)OC(c2ccc(O)c(OC)c2)C(CO)O3)oc2cc(O)cc(O)c2c1=O. The second-order valence-electron chi connectivity index (χ2n) is 10.2. The van der Waals surface area contributed by atoms with Crippen molar-refractivity contribution >= 4 is 11.0 Å². The lowest BCUT2D eigenvalue weighted by atomic mass is 10.0. The fourth-order valence-electron chi connectivity index (χ4n) is 5.03. The maximum Gasteiger partial charge on any atom is 0.239 e. The molecule has 222 valence electrons. The number of aromatic hydroxyl groups is 3. The molecule has 1 aliphatic rings. The van der Waals surface area contributed by atoms with Crippen molar-refractivity contribution in [3.63, 3.8) is 0 Å². The number of aliphatic hydroxyl groups is 1. The minimum Gasteiger partial charge on any atom is -0.508 e. The van der Waals surface area contributed by atoms with Crippen molar-refractivity contribution in [2.45, 2.75) is 51.2 Å². The number of hydrogen-bond donors (Lipinski definition) is 4. The number of aliphatic hydroxyl groups excluding tert-OH is 1. The molecule has 0 aliphatic carbocycles. The first-order valence-corrected chi connectivity index (χ1v) is 14.0. The van der Waals surface area contributed by atoms with Crippen LogP contribution in [-0.2, 0) is 0 Å². The van der Waals surface area contributed by atoms with Gasteiger partial charge in [-0.15, -0.1) is 0 Å². The number of phenols is 3. The zero-order valence-electron chi connectivity index (χ0n) is 23.5. The van der Waals surface area contributed by atoms with Crippen LogP contribution in [-0.4, -0.2) is 46.9 Å². The highest BCUT2D eigenvalue weighted by Gasteiger charge is 2.34. The molecule has 10 nitrogen and oxygen atoms in total. The number of fused-ring (bicyclic) bond motifs is 2. The molecule has 0 spiro atoms. The third kappa shape index (κ3) is 5.75. The van der Waals surface area contributed by atoms with Gasteiger partial charge in [0, 0.05) is 23.3 Å². The van der Waals surface area contributed by atoms with E-state index in [1.807, 2.05) is 0 Å². The fraction of sp³-hybridized carbons (Fsp3) is 0.344. The van der Waals surface area contributed by atoms with Gasteiger partial charge < -0.3 is 43.8 Å². The average molecular weight is 579 g/mol. The molecular formula is C32H34O10. The molecule has 0 bridgehead atoms. The number of methoxy groups -OCH3 is 1. The Labute approximate surface area is 242 Å². The summed E-state index contributed by atoms with van der Waals surface area (Å²) in [4.78, 5) is 13.6. The van der Waals surface area contributed by atoms with Crippen molar-refractivity contribution in [2.24, 2.45) is 0 Å². The minimum atomic E-state index is -0.747. The van der Waals surface area contributed by atoms with E-state index in [0.29, 0.717) is 22.6 Å². The van der Waals surface area contributed by atoms with Crippen LogP contribution in [0.5, 0.6) is 40.2 Å². The number of unbranched alkanes of at least 4 members (excludes halogenated alkanes) is 4. The van der Waals surface area contributed by atoms with Gasteiger partial charge in [0.25, 0.3) is 0 Å². The molecule has 2 heterocycles. The van der Waals surface area contributed by atoms with Crippen molar-refractivity contribution in [2.75, 3.05) is 20.3 Å². The lowest BCUT2D eigenvalue weighted by Gasteiger charge is -2.33. The van der Waals surface area contributed by atoms with E-state index < -0.39 is 23.4 Å². The fourth-order valence-corrected chi connectivity index (χ4v) is 5.03. The summed E-state index contributed by atoms with van der Waals surface area (Å²) in [6, 6.07) is 12.0. The molecule has 1 aromatic heterocycles. The van der Waals surface area contributed by atoms with Gasteiger partial charge in [0.1, 0.15) is 22.5 Å². The molecule has 1 aliphatic heterocycles. The quantitative estimate of drug-likeness (QED) is 0.161. The summed E-state index contributed by atoms with van der Waals surface area (Å²) in [5, 5.41) is 40.4. The van der Waals surface area contributed by atoms with Gasteiger partial charge in [0.2, 0.25) is 11.2 Å². The van der Waals surface area contributed by atoms with E-state index in [-0.39, 0.29) is 52.9 Å². The molecule has 10 heteroatoms. The number of rotatable bonds is 11. The summed E-state index contributed by atoms with van der Waals surface area (Å²) in [6.07, 6.45) is 3.48. The predicted molar refractivity (Wildman–Crippen MR) is 155 cm³/mol. The Kier molecular flexibility index (Phi) is 8.63. The molecule has 0 saturated heterocycles. The van der Waals surface area contributed by atoms with Gasteiger partial charge >= 0.3 is 0 Å². The topological polar surface area (TPSA) is 148 Å². The monoisotopic (exact) mass is 578 g/mol. The number of phenolic OH excluding ortho intramolecular Hbond substituents is 3. The number of ether oxygens (including phenoxy) is 4. The Bertz CT molecular complexity index is 1630.